The first-order chi connectivity index (χ1) is 8.56. The molecule has 0 aliphatic carbocycles. The number of hydrogen-bond acceptors (Lipinski definition) is 3. The molecular formula is C12H9BrClNO2S. The van der Waals surface area contributed by atoms with E-state index < -0.39 is 0 Å². The van der Waals surface area contributed by atoms with Gasteiger partial charge in [-0.3, -0.25) is 4.79 Å². The topological polar surface area (TPSA) is 49.3 Å². The molecule has 0 bridgehead atoms. The maximum atomic E-state index is 11.9. The molecule has 6 heteroatoms. The molecule has 94 valence electrons. The molecule has 18 heavy (non-hydrogen) atoms. The Morgan fingerprint density at radius 1 is 1.44 bits per heavy atom. The summed E-state index contributed by atoms with van der Waals surface area (Å²) in [5.41, 5.74) is 0.271. The van der Waals surface area contributed by atoms with Gasteiger partial charge in [0.25, 0.3) is 5.91 Å². The van der Waals surface area contributed by atoms with E-state index in [1.807, 2.05) is 11.4 Å². The molecule has 0 aliphatic rings. The number of aromatic hydroxyl groups is 1. The fourth-order valence-corrected chi connectivity index (χ4v) is 2.99. The van der Waals surface area contributed by atoms with Crippen LogP contribution in [0, 0.1) is 0 Å². The largest absolute Gasteiger partial charge is 0.508 e. The maximum absolute atomic E-state index is 11.9. The number of carbonyl (C=O) groups excluding carboxylic acids is 1. The third-order valence-corrected chi connectivity index (χ3v) is 4.27. The van der Waals surface area contributed by atoms with Crippen molar-refractivity contribution in [3.8, 4) is 5.75 Å². The van der Waals surface area contributed by atoms with Crippen molar-refractivity contribution in [2.24, 2.45) is 0 Å². The van der Waals surface area contributed by atoms with Gasteiger partial charge in [0, 0.05) is 14.7 Å². The molecule has 0 atom stereocenters. The maximum Gasteiger partial charge on any atom is 0.253 e. The predicted octanol–water partition coefficient (Wildman–Crippen LogP) is 3.80. The molecular weight excluding hydrogens is 338 g/mol. The van der Waals surface area contributed by atoms with Gasteiger partial charge in [0.2, 0.25) is 0 Å². The minimum atomic E-state index is -0.305. The number of nitrogens with one attached hydrogen (secondary N) is 1. The minimum absolute atomic E-state index is 0.0171. The van der Waals surface area contributed by atoms with Crippen LogP contribution in [0.1, 0.15) is 15.2 Å². The summed E-state index contributed by atoms with van der Waals surface area (Å²) >= 11 is 10.8. The molecule has 0 radical (unpaired) electrons. The third kappa shape index (κ3) is 3.25. The molecule has 1 heterocycles. The lowest BCUT2D eigenvalue weighted by Gasteiger charge is -2.06. The highest BCUT2D eigenvalue weighted by molar-refractivity contribution is 9.10. The zero-order chi connectivity index (χ0) is 13.1. The van der Waals surface area contributed by atoms with Crippen LogP contribution in [-0.4, -0.2) is 11.0 Å². The van der Waals surface area contributed by atoms with Crippen LogP contribution >= 0.6 is 38.9 Å². The zero-order valence-corrected chi connectivity index (χ0v) is 12.3. The molecule has 1 aromatic heterocycles. The molecule has 1 aromatic carbocycles. The van der Waals surface area contributed by atoms with E-state index in [0.29, 0.717) is 11.6 Å². The van der Waals surface area contributed by atoms with Gasteiger partial charge in [0.05, 0.1) is 17.1 Å². The van der Waals surface area contributed by atoms with Crippen LogP contribution in [0.25, 0.3) is 0 Å². The monoisotopic (exact) mass is 345 g/mol. The van der Waals surface area contributed by atoms with Gasteiger partial charge in [-0.25, -0.2) is 0 Å². The number of carbonyl (C=O) groups is 1. The van der Waals surface area contributed by atoms with Gasteiger partial charge in [-0.15, -0.1) is 11.3 Å². The van der Waals surface area contributed by atoms with Crippen LogP contribution in [0.4, 0.5) is 0 Å². The quantitative estimate of drug-likeness (QED) is 0.888. The van der Waals surface area contributed by atoms with Crippen molar-refractivity contribution in [1.82, 2.24) is 5.32 Å². The first-order valence-corrected chi connectivity index (χ1v) is 7.11. The summed E-state index contributed by atoms with van der Waals surface area (Å²) < 4.78 is 0.993. The Hall–Kier alpha value is -1.04. The predicted molar refractivity (Wildman–Crippen MR) is 76.3 cm³/mol. The van der Waals surface area contributed by atoms with E-state index in [1.54, 1.807) is 11.3 Å². The summed E-state index contributed by atoms with van der Waals surface area (Å²) in [6.45, 7) is 0.432. The highest BCUT2D eigenvalue weighted by Gasteiger charge is 2.11. The molecule has 2 rings (SSSR count). The second kappa shape index (κ2) is 5.73. The molecule has 0 unspecified atom stereocenters. The molecule has 0 saturated carbocycles. The van der Waals surface area contributed by atoms with E-state index in [2.05, 4.69) is 21.2 Å². The van der Waals surface area contributed by atoms with E-state index in [0.717, 1.165) is 9.35 Å². The summed E-state index contributed by atoms with van der Waals surface area (Å²) in [5, 5.41) is 14.3. The first kappa shape index (κ1) is 13.4. The number of phenols is 1. The van der Waals surface area contributed by atoms with Gasteiger partial charge >= 0.3 is 0 Å². The number of halogens is 2. The normalized spacial score (nSPS) is 10.3. The lowest BCUT2D eigenvalue weighted by Crippen LogP contribution is -2.22. The summed E-state index contributed by atoms with van der Waals surface area (Å²) in [6, 6.07) is 6.22. The molecule has 1 amide bonds. The van der Waals surface area contributed by atoms with Crippen LogP contribution in [0.15, 0.2) is 34.1 Å². The second-order valence-electron chi connectivity index (χ2n) is 3.58. The number of thiophene rings is 1. The number of amides is 1. The van der Waals surface area contributed by atoms with Crippen molar-refractivity contribution in [2.75, 3.05) is 0 Å². The van der Waals surface area contributed by atoms with Gasteiger partial charge in [-0.2, -0.15) is 0 Å². The van der Waals surface area contributed by atoms with Crippen molar-refractivity contribution < 1.29 is 9.90 Å². The van der Waals surface area contributed by atoms with Crippen molar-refractivity contribution in [1.29, 1.82) is 0 Å². The highest BCUT2D eigenvalue weighted by atomic mass is 79.9. The first-order valence-electron chi connectivity index (χ1n) is 5.06. The van der Waals surface area contributed by atoms with Crippen LogP contribution in [0.5, 0.6) is 5.75 Å². The summed E-state index contributed by atoms with van der Waals surface area (Å²) in [4.78, 5) is 12.9. The van der Waals surface area contributed by atoms with Gasteiger partial charge in [-0.1, -0.05) is 11.6 Å². The third-order valence-electron chi connectivity index (χ3n) is 2.24. The van der Waals surface area contributed by atoms with E-state index in [1.165, 1.54) is 18.2 Å². The van der Waals surface area contributed by atoms with Gasteiger partial charge in [-0.05, 0) is 40.2 Å². The van der Waals surface area contributed by atoms with Crippen molar-refractivity contribution in [3.05, 3.63) is 49.6 Å². The Balaban J connectivity index is 2.05. The molecule has 3 nitrogen and oxygen atoms in total. The summed E-state index contributed by atoms with van der Waals surface area (Å²) in [6.07, 6.45) is 0. The minimum Gasteiger partial charge on any atom is -0.508 e. The highest BCUT2D eigenvalue weighted by Crippen LogP contribution is 2.22. The number of phenolic OH excluding ortho intramolecular Hbond substituents is 1. The van der Waals surface area contributed by atoms with Crippen molar-refractivity contribution >= 4 is 44.8 Å². The lowest BCUT2D eigenvalue weighted by molar-refractivity contribution is 0.0951. The average Bonchev–Trinajstić information content (AvgIpc) is 2.75. The SMILES string of the molecule is O=C(NCc1cc(Br)cs1)c1cc(O)ccc1Cl. The molecule has 2 N–H and O–H groups in total. The molecule has 0 aliphatic heterocycles. The van der Waals surface area contributed by atoms with E-state index in [4.69, 9.17) is 11.6 Å². The van der Waals surface area contributed by atoms with Crippen LogP contribution in [0.2, 0.25) is 5.02 Å². The summed E-state index contributed by atoms with van der Waals surface area (Å²) in [7, 11) is 0. The van der Waals surface area contributed by atoms with Crippen molar-refractivity contribution in [2.45, 2.75) is 6.54 Å². The fraction of sp³-hybridized carbons (Fsp3) is 0.0833. The Bertz CT molecular complexity index is 585. The lowest BCUT2D eigenvalue weighted by atomic mass is 10.2. The number of benzene rings is 1. The van der Waals surface area contributed by atoms with Crippen molar-refractivity contribution in [3.63, 3.8) is 0 Å². The molecule has 0 spiro atoms. The summed E-state index contributed by atoms with van der Waals surface area (Å²) in [5.74, 6) is -0.288. The molecule has 0 fully saturated rings. The van der Waals surface area contributed by atoms with Gasteiger partial charge in [0.1, 0.15) is 5.75 Å². The van der Waals surface area contributed by atoms with Crippen LogP contribution < -0.4 is 5.32 Å². The second-order valence-corrected chi connectivity index (χ2v) is 5.90. The van der Waals surface area contributed by atoms with Gasteiger partial charge < -0.3 is 10.4 Å². The van der Waals surface area contributed by atoms with Gasteiger partial charge in [0.15, 0.2) is 0 Å². The number of hydrogen-bond donors (Lipinski definition) is 2. The molecule has 2 aromatic rings. The van der Waals surface area contributed by atoms with E-state index in [-0.39, 0.29) is 17.2 Å². The van der Waals surface area contributed by atoms with E-state index >= 15 is 0 Å². The smallest absolute Gasteiger partial charge is 0.253 e. The Morgan fingerprint density at radius 2 is 2.22 bits per heavy atom. The fourth-order valence-electron chi connectivity index (χ4n) is 1.40. The average molecular weight is 347 g/mol. The van der Waals surface area contributed by atoms with Crippen LogP contribution in [0.3, 0.4) is 0 Å². The van der Waals surface area contributed by atoms with E-state index in [9.17, 15) is 9.90 Å². The Kier molecular flexibility index (Phi) is 4.27. The molecule has 0 saturated heterocycles. The standard InChI is InChI=1S/C12H9BrClNO2S/c13-7-3-9(18-6-7)5-15-12(17)10-4-8(16)1-2-11(10)14/h1-4,6,16H,5H2,(H,15,17). The Morgan fingerprint density at radius 3 is 2.89 bits per heavy atom. The zero-order valence-electron chi connectivity index (χ0n) is 9.11. The number of rotatable bonds is 3. The van der Waals surface area contributed by atoms with Crippen LogP contribution in [-0.2, 0) is 6.54 Å². The Labute approximate surface area is 122 Å².